The van der Waals surface area contributed by atoms with Gasteiger partial charge in [0.25, 0.3) is 5.91 Å². The fraction of sp³-hybridized carbons (Fsp3) is 0.136. The molecule has 3 aromatic heterocycles. The first-order chi connectivity index (χ1) is 15.1. The van der Waals surface area contributed by atoms with Crippen molar-refractivity contribution in [3.05, 3.63) is 86.1 Å². The molecule has 0 atom stereocenters. The Morgan fingerprint density at radius 1 is 1.06 bits per heavy atom. The summed E-state index contributed by atoms with van der Waals surface area (Å²) in [5, 5.41) is 6.74. The second-order valence-corrected chi connectivity index (χ2v) is 7.65. The summed E-state index contributed by atoms with van der Waals surface area (Å²) in [5.41, 5.74) is 0.628. The molecular formula is C22H16ClF2N5O2. The average molecular weight is 456 g/mol. The molecule has 1 aromatic carbocycles. The van der Waals surface area contributed by atoms with E-state index in [9.17, 15) is 18.4 Å². The van der Waals surface area contributed by atoms with Crippen molar-refractivity contribution in [3.8, 4) is 5.69 Å². The number of carbonyl (C=O) groups excluding carboxylic acids is 1. The van der Waals surface area contributed by atoms with Crippen LogP contribution in [0.2, 0.25) is 5.02 Å². The second kappa shape index (κ2) is 8.08. The van der Waals surface area contributed by atoms with Crippen LogP contribution >= 0.6 is 11.6 Å². The average Bonchev–Trinajstić information content (AvgIpc) is 2.69. The highest BCUT2D eigenvalue weighted by Crippen LogP contribution is 2.22. The molecule has 32 heavy (non-hydrogen) atoms. The standard InChI is InChI=1S/C22H16ClF2N5O2/c1-10-6-17-19(27-12(10)3)21(31)20(22(32)28-14-7-11(2)26-18(25)9-14)29-30(17)16-5-4-13(23)8-15(16)24/h4-9H,1-3H3,(H,26,28,32). The van der Waals surface area contributed by atoms with Gasteiger partial charge in [-0.25, -0.2) is 19.0 Å². The molecule has 0 radical (unpaired) electrons. The third-order valence-corrected chi connectivity index (χ3v) is 5.07. The van der Waals surface area contributed by atoms with E-state index in [1.807, 2.05) is 0 Å². The highest BCUT2D eigenvalue weighted by Gasteiger charge is 2.22. The van der Waals surface area contributed by atoms with Gasteiger partial charge in [0.05, 0.1) is 5.52 Å². The lowest BCUT2D eigenvalue weighted by Crippen LogP contribution is -2.28. The number of hydrogen-bond acceptors (Lipinski definition) is 5. The topological polar surface area (TPSA) is 89.8 Å². The molecule has 0 aliphatic heterocycles. The zero-order chi connectivity index (χ0) is 23.2. The largest absolute Gasteiger partial charge is 0.320 e. The van der Waals surface area contributed by atoms with Crippen LogP contribution < -0.4 is 10.7 Å². The Balaban J connectivity index is 1.95. The molecule has 4 aromatic rings. The molecule has 1 N–H and O–H groups in total. The molecule has 4 rings (SSSR count). The van der Waals surface area contributed by atoms with Crippen LogP contribution in [0.4, 0.5) is 14.5 Å². The molecule has 0 spiro atoms. The molecule has 1 amide bonds. The molecule has 0 bridgehead atoms. The predicted molar refractivity (Wildman–Crippen MR) is 116 cm³/mol. The van der Waals surface area contributed by atoms with E-state index in [2.05, 4.69) is 20.4 Å². The molecular weight excluding hydrogens is 440 g/mol. The summed E-state index contributed by atoms with van der Waals surface area (Å²) < 4.78 is 29.5. The maximum Gasteiger partial charge on any atom is 0.280 e. The van der Waals surface area contributed by atoms with Crippen molar-refractivity contribution in [2.75, 3.05) is 5.32 Å². The normalized spacial score (nSPS) is 11.1. The van der Waals surface area contributed by atoms with Crippen molar-refractivity contribution in [3.63, 3.8) is 0 Å². The molecule has 7 nitrogen and oxygen atoms in total. The molecule has 162 valence electrons. The Morgan fingerprint density at radius 2 is 1.81 bits per heavy atom. The lowest BCUT2D eigenvalue weighted by molar-refractivity contribution is 0.102. The summed E-state index contributed by atoms with van der Waals surface area (Å²) in [4.78, 5) is 33.9. The van der Waals surface area contributed by atoms with Crippen LogP contribution in [-0.2, 0) is 0 Å². The Morgan fingerprint density at radius 3 is 2.50 bits per heavy atom. The fourth-order valence-electron chi connectivity index (χ4n) is 3.21. The minimum Gasteiger partial charge on any atom is -0.320 e. The van der Waals surface area contributed by atoms with Crippen LogP contribution in [0.3, 0.4) is 0 Å². The van der Waals surface area contributed by atoms with Crippen LogP contribution in [0.1, 0.15) is 27.4 Å². The fourth-order valence-corrected chi connectivity index (χ4v) is 3.37. The number of nitrogens with zero attached hydrogens (tertiary/aromatic N) is 4. The Bertz CT molecular complexity index is 1450. The molecule has 3 heterocycles. The van der Waals surface area contributed by atoms with Gasteiger partial charge in [0.15, 0.2) is 5.69 Å². The number of nitrogens with one attached hydrogen (secondary N) is 1. The summed E-state index contributed by atoms with van der Waals surface area (Å²) >= 11 is 5.86. The quantitative estimate of drug-likeness (QED) is 0.465. The number of fused-ring (bicyclic) bond motifs is 1. The maximum absolute atomic E-state index is 14.7. The van der Waals surface area contributed by atoms with Crippen LogP contribution in [0.5, 0.6) is 0 Å². The zero-order valence-corrected chi connectivity index (χ0v) is 18.0. The van der Waals surface area contributed by atoms with Crippen molar-refractivity contribution in [2.45, 2.75) is 20.8 Å². The number of anilines is 1. The first-order valence-electron chi connectivity index (χ1n) is 9.46. The van der Waals surface area contributed by atoms with Crippen LogP contribution in [0.15, 0.2) is 41.2 Å². The van der Waals surface area contributed by atoms with E-state index < -0.39 is 28.8 Å². The molecule has 0 saturated carbocycles. The Kier molecular flexibility index (Phi) is 5.43. The number of hydrogen-bond donors (Lipinski definition) is 1. The number of carbonyl (C=O) groups is 1. The van der Waals surface area contributed by atoms with E-state index in [4.69, 9.17) is 11.6 Å². The van der Waals surface area contributed by atoms with Crippen LogP contribution in [0, 0.1) is 32.5 Å². The minimum atomic E-state index is -0.898. The van der Waals surface area contributed by atoms with Crippen molar-refractivity contribution in [1.82, 2.24) is 19.7 Å². The van der Waals surface area contributed by atoms with Gasteiger partial charge in [-0.05, 0) is 56.7 Å². The third-order valence-electron chi connectivity index (χ3n) is 4.84. The summed E-state index contributed by atoms with van der Waals surface area (Å²) in [5.74, 6) is -2.39. The summed E-state index contributed by atoms with van der Waals surface area (Å²) in [6.07, 6.45) is 0. The van der Waals surface area contributed by atoms with Crippen LogP contribution in [-0.4, -0.2) is 25.7 Å². The molecule has 0 unspecified atom stereocenters. The van der Waals surface area contributed by atoms with E-state index in [1.54, 1.807) is 26.8 Å². The Labute approximate surface area is 185 Å². The number of halogens is 3. The van der Waals surface area contributed by atoms with Gasteiger partial charge in [-0.15, -0.1) is 0 Å². The van der Waals surface area contributed by atoms with Crippen molar-refractivity contribution in [2.24, 2.45) is 0 Å². The van der Waals surface area contributed by atoms with E-state index in [0.717, 1.165) is 22.4 Å². The van der Waals surface area contributed by atoms with Crippen molar-refractivity contribution in [1.29, 1.82) is 0 Å². The lowest BCUT2D eigenvalue weighted by atomic mass is 10.1. The zero-order valence-electron chi connectivity index (χ0n) is 17.2. The van der Waals surface area contributed by atoms with Gasteiger partial charge >= 0.3 is 0 Å². The SMILES string of the molecule is Cc1cc(NC(=O)c2nn(-c3ccc(Cl)cc3F)c3cc(C)c(C)nc3c2=O)cc(F)n1. The van der Waals surface area contributed by atoms with Gasteiger partial charge in [-0.3, -0.25) is 9.59 Å². The summed E-state index contributed by atoms with van der Waals surface area (Å²) in [6.45, 7) is 5.05. The molecule has 0 fully saturated rings. The highest BCUT2D eigenvalue weighted by atomic mass is 35.5. The molecule has 0 aliphatic rings. The van der Waals surface area contributed by atoms with E-state index >= 15 is 0 Å². The van der Waals surface area contributed by atoms with Gasteiger partial charge in [0.2, 0.25) is 11.4 Å². The van der Waals surface area contributed by atoms with E-state index in [0.29, 0.717) is 11.4 Å². The van der Waals surface area contributed by atoms with Gasteiger partial charge in [0.1, 0.15) is 17.0 Å². The summed E-state index contributed by atoms with van der Waals surface area (Å²) in [7, 11) is 0. The molecule has 0 saturated heterocycles. The highest BCUT2D eigenvalue weighted by molar-refractivity contribution is 6.30. The minimum absolute atomic E-state index is 0.0238. The third kappa shape index (κ3) is 3.94. The molecule has 10 heteroatoms. The number of aryl methyl sites for hydroxylation is 3. The van der Waals surface area contributed by atoms with Gasteiger partial charge in [-0.2, -0.15) is 9.49 Å². The predicted octanol–water partition coefficient (Wildman–Crippen LogP) is 4.28. The number of rotatable bonds is 3. The van der Waals surface area contributed by atoms with Crippen LogP contribution in [0.25, 0.3) is 16.7 Å². The van der Waals surface area contributed by atoms with Gasteiger partial charge in [0, 0.05) is 28.2 Å². The number of pyridine rings is 2. The van der Waals surface area contributed by atoms with Crippen molar-refractivity contribution >= 4 is 34.2 Å². The first kappa shape index (κ1) is 21.5. The Hall–Kier alpha value is -3.72. The number of amides is 1. The maximum atomic E-state index is 14.7. The van der Waals surface area contributed by atoms with E-state index in [-0.39, 0.29) is 27.4 Å². The van der Waals surface area contributed by atoms with Crippen molar-refractivity contribution < 1.29 is 13.6 Å². The number of aromatic nitrogens is 4. The monoisotopic (exact) mass is 455 g/mol. The smallest absolute Gasteiger partial charge is 0.280 e. The summed E-state index contributed by atoms with van der Waals surface area (Å²) in [6, 6.07) is 8.03. The number of benzene rings is 1. The lowest BCUT2D eigenvalue weighted by Gasteiger charge is -2.14. The van der Waals surface area contributed by atoms with Gasteiger partial charge in [-0.1, -0.05) is 11.6 Å². The van der Waals surface area contributed by atoms with Gasteiger partial charge < -0.3 is 5.32 Å². The van der Waals surface area contributed by atoms with E-state index in [1.165, 1.54) is 18.2 Å². The second-order valence-electron chi connectivity index (χ2n) is 7.22. The molecule has 0 aliphatic carbocycles. The first-order valence-corrected chi connectivity index (χ1v) is 9.84.